The van der Waals surface area contributed by atoms with Gasteiger partial charge in [0.15, 0.2) is 0 Å². The fourth-order valence-corrected chi connectivity index (χ4v) is 2.67. The second kappa shape index (κ2) is 4.22. The predicted octanol–water partition coefficient (Wildman–Crippen LogP) is -0.626. The highest BCUT2D eigenvalue weighted by atomic mass is 79.9. The number of pyridine rings is 1. The first kappa shape index (κ1) is 12.5. The van der Waals surface area contributed by atoms with Crippen molar-refractivity contribution in [3.05, 3.63) is 42.6 Å². The van der Waals surface area contributed by atoms with E-state index in [2.05, 4.69) is 26.8 Å². The third kappa shape index (κ3) is 1.73. The Balaban J connectivity index is 2.47. The summed E-state index contributed by atoms with van der Waals surface area (Å²) in [4.78, 5) is 12.1. The molecule has 2 heterocycles. The maximum atomic E-state index is 12.3. The van der Waals surface area contributed by atoms with Crippen LogP contribution in [0.5, 0.6) is 0 Å². The number of carbonyl (C=O) groups excluding carboxylic acids is 1. The Kier molecular flexibility index (Phi) is 2.77. The highest BCUT2D eigenvalue weighted by molar-refractivity contribution is 9.12. The summed E-state index contributed by atoms with van der Waals surface area (Å²) in [5.41, 5.74) is 5.66. The molecule has 0 bridgehead atoms. The number of aliphatic hydroxyl groups excluding tert-OH is 1. The zero-order valence-electron chi connectivity index (χ0n) is 9.33. The number of aromatic nitrogens is 1. The number of nitrogens with one attached hydrogen (secondary N) is 2. The van der Waals surface area contributed by atoms with E-state index >= 15 is 0 Å². The molecule has 0 aromatic carbocycles. The van der Waals surface area contributed by atoms with E-state index in [1.165, 1.54) is 0 Å². The Hall–Kier alpha value is -1.57. The molecule has 1 aliphatic heterocycles. The SMILES string of the molecule is O=C1C(Cl)=C(Br)C=c2cc3c([n+]([O-])c21)=C(O)NNC3. The van der Waals surface area contributed by atoms with Crippen molar-refractivity contribution < 1.29 is 14.6 Å². The van der Waals surface area contributed by atoms with Crippen LogP contribution in [0.15, 0.2) is 15.6 Å². The van der Waals surface area contributed by atoms with Crippen molar-refractivity contribution in [2.75, 3.05) is 0 Å². The van der Waals surface area contributed by atoms with Crippen molar-refractivity contribution in [1.82, 2.24) is 10.9 Å². The smallest absolute Gasteiger partial charge is 0.283 e. The van der Waals surface area contributed by atoms with Crippen molar-refractivity contribution in [2.24, 2.45) is 0 Å². The van der Waals surface area contributed by atoms with E-state index in [0.29, 0.717) is 26.5 Å². The first-order valence-electron chi connectivity index (χ1n) is 5.30. The number of carbonyl (C=O) groups is 1. The molecule has 6 nitrogen and oxygen atoms in total. The molecule has 0 saturated heterocycles. The molecule has 8 heteroatoms. The van der Waals surface area contributed by atoms with Crippen LogP contribution in [-0.4, -0.2) is 10.9 Å². The molecule has 1 aliphatic carbocycles. The van der Waals surface area contributed by atoms with Gasteiger partial charge in [-0.15, -0.1) is 0 Å². The van der Waals surface area contributed by atoms with Crippen LogP contribution in [0.4, 0.5) is 0 Å². The van der Waals surface area contributed by atoms with E-state index in [9.17, 15) is 15.1 Å². The predicted molar refractivity (Wildman–Crippen MR) is 71.3 cm³/mol. The second-order valence-electron chi connectivity index (χ2n) is 4.08. The van der Waals surface area contributed by atoms with Crippen molar-refractivity contribution in [3.8, 4) is 0 Å². The van der Waals surface area contributed by atoms with Gasteiger partial charge in [0.25, 0.3) is 22.7 Å². The molecule has 0 saturated carbocycles. The summed E-state index contributed by atoms with van der Waals surface area (Å²) < 4.78 is 0.843. The van der Waals surface area contributed by atoms with Gasteiger partial charge in [0.2, 0.25) is 0 Å². The van der Waals surface area contributed by atoms with Gasteiger partial charge in [-0.05, 0) is 28.1 Å². The number of hydrogen-bond acceptors (Lipinski definition) is 5. The van der Waals surface area contributed by atoms with Crippen molar-refractivity contribution in [1.29, 1.82) is 0 Å². The number of halogens is 2. The van der Waals surface area contributed by atoms with Crippen molar-refractivity contribution in [3.63, 3.8) is 0 Å². The average molecular weight is 345 g/mol. The van der Waals surface area contributed by atoms with Gasteiger partial charge >= 0.3 is 0 Å². The van der Waals surface area contributed by atoms with Crippen molar-refractivity contribution >= 4 is 45.3 Å². The van der Waals surface area contributed by atoms with Gasteiger partial charge in [-0.1, -0.05) is 11.6 Å². The van der Waals surface area contributed by atoms with Gasteiger partial charge < -0.3 is 10.3 Å². The minimum absolute atomic E-state index is 0.0294. The van der Waals surface area contributed by atoms with Crippen LogP contribution in [-0.2, 0) is 6.54 Å². The molecule has 0 spiro atoms. The largest absolute Gasteiger partial charge is 0.618 e. The lowest BCUT2D eigenvalue weighted by Gasteiger charge is -2.17. The van der Waals surface area contributed by atoms with Crippen LogP contribution >= 0.6 is 27.5 Å². The maximum absolute atomic E-state index is 12.3. The van der Waals surface area contributed by atoms with E-state index in [0.717, 1.165) is 0 Å². The van der Waals surface area contributed by atoms with Gasteiger partial charge in [-0.2, -0.15) is 4.73 Å². The van der Waals surface area contributed by atoms with Crippen LogP contribution in [0.2, 0.25) is 0 Å². The van der Waals surface area contributed by atoms with E-state index in [1.807, 2.05) is 0 Å². The Bertz CT molecular complexity index is 772. The second-order valence-corrected chi connectivity index (χ2v) is 5.31. The summed E-state index contributed by atoms with van der Waals surface area (Å²) in [6.07, 6.45) is 1.60. The maximum Gasteiger partial charge on any atom is 0.283 e. The van der Waals surface area contributed by atoms with E-state index in [-0.39, 0.29) is 22.0 Å². The molecular formula is C11H7BrClN3O3. The number of allylic oxidation sites excluding steroid dienone is 2. The number of hydrazine groups is 1. The molecule has 0 fully saturated rings. The van der Waals surface area contributed by atoms with E-state index in [4.69, 9.17) is 11.6 Å². The van der Waals surface area contributed by atoms with E-state index in [1.54, 1.807) is 12.1 Å². The number of rotatable bonds is 0. The molecule has 19 heavy (non-hydrogen) atoms. The Morgan fingerprint density at radius 3 is 3.00 bits per heavy atom. The topological polar surface area (TPSA) is 88.3 Å². The summed E-state index contributed by atoms with van der Waals surface area (Å²) in [7, 11) is 0. The van der Waals surface area contributed by atoms with Gasteiger partial charge in [0.05, 0.1) is 5.22 Å². The minimum Gasteiger partial charge on any atom is -0.618 e. The first-order chi connectivity index (χ1) is 9.00. The molecule has 0 radical (unpaired) electrons. The molecule has 98 valence electrons. The fourth-order valence-electron chi connectivity index (χ4n) is 2.09. The number of Topliss-reactive ketones (excluding diaryl/α,β-unsaturated/α-hetero) is 1. The zero-order chi connectivity index (χ0) is 13.7. The Labute approximate surface area is 120 Å². The number of fused-ring (bicyclic) bond motifs is 2. The van der Waals surface area contributed by atoms with Crippen LogP contribution in [0.25, 0.3) is 12.0 Å². The number of aliphatic hydroxyl groups is 1. The van der Waals surface area contributed by atoms with E-state index < -0.39 is 5.78 Å². The molecular weight excluding hydrogens is 337 g/mol. The molecule has 0 amide bonds. The van der Waals surface area contributed by atoms with Crippen LogP contribution in [0.1, 0.15) is 16.1 Å². The highest BCUT2D eigenvalue weighted by Crippen LogP contribution is 2.22. The number of ketones is 1. The molecule has 0 unspecified atom stereocenters. The van der Waals surface area contributed by atoms with Crippen LogP contribution < -0.4 is 26.1 Å². The number of hydrogen-bond donors (Lipinski definition) is 3. The summed E-state index contributed by atoms with van der Waals surface area (Å²) >= 11 is 9.01. The Morgan fingerprint density at radius 2 is 2.26 bits per heavy atom. The first-order valence-corrected chi connectivity index (χ1v) is 6.47. The monoisotopic (exact) mass is 343 g/mol. The molecule has 3 rings (SSSR count). The quantitative estimate of drug-likeness (QED) is 0.431. The van der Waals surface area contributed by atoms with Gasteiger partial charge in [-0.3, -0.25) is 10.2 Å². The molecule has 2 aliphatic rings. The number of nitrogens with zero attached hydrogens (tertiary/aromatic N) is 1. The minimum atomic E-state index is -0.574. The van der Waals surface area contributed by atoms with Crippen LogP contribution in [0.3, 0.4) is 0 Å². The third-order valence-corrected chi connectivity index (χ3v) is 4.16. The molecule has 1 aromatic heterocycles. The van der Waals surface area contributed by atoms with Gasteiger partial charge in [0.1, 0.15) is 5.03 Å². The van der Waals surface area contributed by atoms with Crippen molar-refractivity contribution in [2.45, 2.75) is 6.54 Å². The summed E-state index contributed by atoms with van der Waals surface area (Å²) in [6.45, 7) is 0.353. The molecule has 1 aromatic rings. The standard InChI is InChI=1S/C11H7BrClN3O3/c12-6-2-4-1-5-3-14-15-11(18)9(5)16(19)8(4)10(17)7(6)13/h1-2,14-15,18H,3H2. The Morgan fingerprint density at radius 1 is 1.53 bits per heavy atom. The summed E-state index contributed by atoms with van der Waals surface area (Å²) in [5, 5.41) is 22.4. The average Bonchev–Trinajstić information content (AvgIpc) is 2.35. The highest BCUT2D eigenvalue weighted by Gasteiger charge is 2.30. The van der Waals surface area contributed by atoms with Gasteiger partial charge in [-0.25, -0.2) is 5.43 Å². The lowest BCUT2D eigenvalue weighted by Crippen LogP contribution is -2.61. The normalized spacial score (nSPS) is 17.6. The molecule has 0 atom stereocenters. The fraction of sp³-hybridized carbons (Fsp3) is 0.0909. The van der Waals surface area contributed by atoms with Gasteiger partial charge in [0, 0.05) is 16.6 Å². The van der Waals surface area contributed by atoms with Crippen LogP contribution in [0, 0.1) is 5.21 Å². The summed E-state index contributed by atoms with van der Waals surface area (Å²) in [6, 6.07) is 1.67. The zero-order valence-corrected chi connectivity index (χ0v) is 11.7. The molecule has 3 N–H and O–H groups in total. The lowest BCUT2D eigenvalue weighted by molar-refractivity contribution is -0.624. The third-order valence-electron chi connectivity index (χ3n) is 2.93. The summed E-state index contributed by atoms with van der Waals surface area (Å²) in [5.74, 6) is -0.897. The lowest BCUT2D eigenvalue weighted by atomic mass is 10.1.